The van der Waals surface area contributed by atoms with Gasteiger partial charge in [0.2, 0.25) is 0 Å². The number of nitrogens with two attached hydrogens (primary N) is 1. The fraction of sp³-hybridized carbons (Fsp3) is 0.500. The van der Waals surface area contributed by atoms with Crippen molar-refractivity contribution in [3.8, 4) is 0 Å². The average Bonchev–Trinajstić information content (AvgIpc) is 3.13. The molecule has 1 aromatic carbocycles. The van der Waals surface area contributed by atoms with Crippen molar-refractivity contribution in [1.82, 2.24) is 0 Å². The van der Waals surface area contributed by atoms with Crippen LogP contribution in [0.25, 0.3) is 0 Å². The molecule has 1 radical (unpaired) electrons. The molecule has 1 saturated heterocycles. The Bertz CT molecular complexity index is 376. The molecule has 0 amide bonds. The van der Waals surface area contributed by atoms with Crippen molar-refractivity contribution in [1.29, 1.82) is 0 Å². The smallest absolute Gasteiger partial charge is 0.0389 e. The summed E-state index contributed by atoms with van der Waals surface area (Å²) in [7, 11) is 0. The summed E-state index contributed by atoms with van der Waals surface area (Å²) in [5.41, 5.74) is 9.70. The second-order valence-corrected chi connectivity index (χ2v) is 4.99. The minimum absolute atomic E-state index is 0.790. The molecule has 0 aromatic heterocycles. The highest BCUT2D eigenvalue weighted by atomic mass is 15.1. The molecule has 1 aromatic rings. The van der Waals surface area contributed by atoms with Gasteiger partial charge in [0, 0.05) is 24.5 Å². The summed E-state index contributed by atoms with van der Waals surface area (Å²) in [5.74, 6) is 0.790. The average molecular weight is 215 g/mol. The Balaban J connectivity index is 1.86. The van der Waals surface area contributed by atoms with Gasteiger partial charge in [-0.1, -0.05) is 0 Å². The number of nitrogens with zero attached hydrogens (tertiary/aromatic N) is 1. The van der Waals surface area contributed by atoms with Gasteiger partial charge in [0.25, 0.3) is 0 Å². The van der Waals surface area contributed by atoms with E-state index in [2.05, 4.69) is 29.5 Å². The summed E-state index contributed by atoms with van der Waals surface area (Å²) < 4.78 is 0. The zero-order valence-electron chi connectivity index (χ0n) is 9.65. The van der Waals surface area contributed by atoms with E-state index in [-0.39, 0.29) is 0 Å². The Hall–Kier alpha value is -1.18. The lowest BCUT2D eigenvalue weighted by molar-refractivity contribution is 0.678. The summed E-state index contributed by atoms with van der Waals surface area (Å²) in [5, 5.41) is 0. The van der Waals surface area contributed by atoms with Gasteiger partial charge in [0.05, 0.1) is 0 Å². The third-order valence-electron chi connectivity index (χ3n) is 3.58. The summed E-state index contributed by atoms with van der Waals surface area (Å²) in [6.45, 7) is 2.29. The first-order chi connectivity index (χ1) is 7.83. The Kier molecular flexibility index (Phi) is 2.50. The Labute approximate surface area is 97.4 Å². The van der Waals surface area contributed by atoms with Gasteiger partial charge in [-0.05, 0) is 61.8 Å². The number of nitrogen functional groups attached to an aromatic ring is 1. The number of piperidine rings is 1. The van der Waals surface area contributed by atoms with E-state index in [9.17, 15) is 0 Å². The molecule has 2 aliphatic rings. The normalized spacial score (nSPS) is 21.1. The van der Waals surface area contributed by atoms with Crippen LogP contribution in [0.15, 0.2) is 18.2 Å². The van der Waals surface area contributed by atoms with E-state index < -0.39 is 0 Å². The van der Waals surface area contributed by atoms with E-state index >= 15 is 0 Å². The fourth-order valence-corrected chi connectivity index (χ4v) is 2.50. The topological polar surface area (TPSA) is 29.3 Å². The lowest BCUT2D eigenvalue weighted by Crippen LogP contribution is -2.29. The SMILES string of the molecule is Nc1cc(C2CC2)cc(N2CC[CH]CC2)c1. The predicted molar refractivity (Wildman–Crippen MR) is 68.6 cm³/mol. The quantitative estimate of drug-likeness (QED) is 0.768. The number of rotatable bonds is 2. The maximum atomic E-state index is 6.00. The molecule has 2 N–H and O–H groups in total. The minimum Gasteiger partial charge on any atom is -0.399 e. The van der Waals surface area contributed by atoms with Crippen LogP contribution in [0, 0.1) is 6.42 Å². The van der Waals surface area contributed by atoms with Crippen molar-refractivity contribution >= 4 is 11.4 Å². The molecule has 1 aliphatic heterocycles. The summed E-state index contributed by atoms with van der Waals surface area (Å²) in [4.78, 5) is 2.46. The molecule has 1 saturated carbocycles. The van der Waals surface area contributed by atoms with Crippen LogP contribution in [0.5, 0.6) is 0 Å². The van der Waals surface area contributed by atoms with Crippen LogP contribution >= 0.6 is 0 Å². The van der Waals surface area contributed by atoms with Crippen LogP contribution in [-0.2, 0) is 0 Å². The number of benzene rings is 1. The minimum atomic E-state index is 0.790. The Morgan fingerprint density at radius 3 is 2.50 bits per heavy atom. The highest BCUT2D eigenvalue weighted by Gasteiger charge is 2.24. The van der Waals surface area contributed by atoms with Crippen molar-refractivity contribution in [3.63, 3.8) is 0 Å². The predicted octanol–water partition coefficient (Wildman–Crippen LogP) is 2.95. The first-order valence-electron chi connectivity index (χ1n) is 6.30. The Morgan fingerprint density at radius 2 is 1.81 bits per heavy atom. The highest BCUT2D eigenvalue weighted by Crippen LogP contribution is 2.42. The number of hydrogen-bond donors (Lipinski definition) is 1. The molecule has 0 spiro atoms. The molecule has 1 heterocycles. The third-order valence-corrected chi connectivity index (χ3v) is 3.58. The van der Waals surface area contributed by atoms with Gasteiger partial charge in [0.1, 0.15) is 0 Å². The summed E-state index contributed by atoms with van der Waals surface area (Å²) in [6.07, 6.45) is 7.47. The van der Waals surface area contributed by atoms with Crippen LogP contribution in [0.3, 0.4) is 0 Å². The van der Waals surface area contributed by atoms with Crippen LogP contribution in [0.2, 0.25) is 0 Å². The molecule has 2 fully saturated rings. The largest absolute Gasteiger partial charge is 0.399 e. The first-order valence-corrected chi connectivity index (χ1v) is 6.30. The molecule has 0 unspecified atom stereocenters. The molecule has 3 rings (SSSR count). The van der Waals surface area contributed by atoms with Gasteiger partial charge >= 0.3 is 0 Å². The van der Waals surface area contributed by atoms with Gasteiger partial charge < -0.3 is 10.6 Å². The second kappa shape index (κ2) is 4.00. The zero-order valence-corrected chi connectivity index (χ0v) is 9.65. The van der Waals surface area contributed by atoms with Crippen LogP contribution in [0.1, 0.15) is 37.2 Å². The molecule has 2 nitrogen and oxygen atoms in total. The van der Waals surface area contributed by atoms with E-state index in [1.807, 2.05) is 0 Å². The van der Waals surface area contributed by atoms with Crippen molar-refractivity contribution in [2.75, 3.05) is 23.7 Å². The standard InChI is InChI=1S/C14H19N2/c15-13-8-12(11-4-5-11)9-14(10-13)16-6-2-1-3-7-16/h1,8-11H,2-7,15H2. The summed E-state index contributed by atoms with van der Waals surface area (Å²) in [6, 6.07) is 6.62. The van der Waals surface area contributed by atoms with E-state index in [1.165, 1.54) is 36.9 Å². The number of hydrogen-bond acceptors (Lipinski definition) is 2. The fourth-order valence-electron chi connectivity index (χ4n) is 2.50. The maximum absolute atomic E-state index is 6.00. The van der Waals surface area contributed by atoms with Crippen LogP contribution in [0.4, 0.5) is 11.4 Å². The van der Waals surface area contributed by atoms with E-state index in [4.69, 9.17) is 5.73 Å². The van der Waals surface area contributed by atoms with Crippen molar-refractivity contribution < 1.29 is 0 Å². The zero-order chi connectivity index (χ0) is 11.0. The monoisotopic (exact) mass is 215 g/mol. The van der Waals surface area contributed by atoms with Crippen molar-refractivity contribution in [2.24, 2.45) is 0 Å². The molecule has 2 heteroatoms. The third kappa shape index (κ3) is 2.01. The Morgan fingerprint density at radius 1 is 1.06 bits per heavy atom. The molecular formula is C14H19N2. The van der Waals surface area contributed by atoms with Crippen molar-refractivity contribution in [3.05, 3.63) is 30.2 Å². The highest BCUT2D eigenvalue weighted by molar-refractivity contribution is 5.59. The second-order valence-electron chi connectivity index (χ2n) is 4.99. The van der Waals surface area contributed by atoms with E-state index in [0.29, 0.717) is 0 Å². The van der Waals surface area contributed by atoms with Gasteiger partial charge in [-0.3, -0.25) is 0 Å². The molecule has 85 valence electrons. The maximum Gasteiger partial charge on any atom is 0.0389 e. The van der Waals surface area contributed by atoms with Gasteiger partial charge in [-0.15, -0.1) is 0 Å². The van der Waals surface area contributed by atoms with E-state index in [0.717, 1.165) is 24.7 Å². The first kappa shape index (κ1) is 10.0. The molecule has 16 heavy (non-hydrogen) atoms. The summed E-state index contributed by atoms with van der Waals surface area (Å²) >= 11 is 0. The lowest BCUT2D eigenvalue weighted by atomic mass is 10.1. The van der Waals surface area contributed by atoms with Gasteiger partial charge in [-0.25, -0.2) is 0 Å². The van der Waals surface area contributed by atoms with Gasteiger partial charge in [-0.2, -0.15) is 0 Å². The molecule has 0 atom stereocenters. The van der Waals surface area contributed by atoms with Gasteiger partial charge in [0.15, 0.2) is 0 Å². The molecule has 1 aliphatic carbocycles. The van der Waals surface area contributed by atoms with Crippen LogP contribution in [-0.4, -0.2) is 13.1 Å². The van der Waals surface area contributed by atoms with E-state index in [1.54, 1.807) is 0 Å². The molecule has 0 bridgehead atoms. The number of anilines is 2. The van der Waals surface area contributed by atoms with Crippen molar-refractivity contribution in [2.45, 2.75) is 31.6 Å². The molecular weight excluding hydrogens is 196 g/mol. The van der Waals surface area contributed by atoms with Crippen LogP contribution < -0.4 is 10.6 Å². The lowest BCUT2D eigenvalue weighted by Gasteiger charge is -2.29.